The van der Waals surface area contributed by atoms with Gasteiger partial charge in [-0.05, 0) is 57.2 Å². The number of carbonyl (C=O) groups is 3. The number of nitrogens with two attached hydrogens (primary N) is 1. The van der Waals surface area contributed by atoms with Crippen molar-refractivity contribution in [3.05, 3.63) is 41.5 Å². The smallest absolute Gasteiger partial charge is 0.261 e. The standard InChI is InChI=1S/C21H27N5O3.3ClH/c1-25(2)9-10-26-20(28)16-6-3-5-14-11-15(12-17(19(14)16)21(26)29)24-18(27)13-23-8-4-7-22;;;/h3,5-6,11-12,23H,4,7-10,13,22H2,1-2H3,(H,24,27);3*1H. The molecule has 0 unspecified atom stereocenters. The van der Waals surface area contributed by atoms with Crippen molar-refractivity contribution in [2.24, 2.45) is 5.73 Å². The number of hydrogen-bond acceptors (Lipinski definition) is 6. The topological polar surface area (TPSA) is 108 Å². The molecule has 0 radical (unpaired) electrons. The quantitative estimate of drug-likeness (QED) is 0.355. The van der Waals surface area contributed by atoms with E-state index in [0.717, 1.165) is 11.8 Å². The third kappa shape index (κ3) is 6.78. The highest BCUT2D eigenvalue weighted by Gasteiger charge is 2.33. The van der Waals surface area contributed by atoms with E-state index in [0.29, 0.717) is 48.4 Å². The molecule has 0 saturated carbocycles. The molecule has 8 nitrogen and oxygen atoms in total. The molecule has 4 N–H and O–H groups in total. The molecule has 32 heavy (non-hydrogen) atoms. The Morgan fingerprint density at radius 1 is 1.06 bits per heavy atom. The Morgan fingerprint density at radius 3 is 2.41 bits per heavy atom. The molecule has 0 spiro atoms. The van der Waals surface area contributed by atoms with Gasteiger partial charge in [-0.2, -0.15) is 0 Å². The van der Waals surface area contributed by atoms with Gasteiger partial charge >= 0.3 is 0 Å². The van der Waals surface area contributed by atoms with Gasteiger partial charge in [-0.25, -0.2) is 0 Å². The van der Waals surface area contributed by atoms with E-state index in [1.165, 1.54) is 4.90 Å². The molecule has 0 aromatic heterocycles. The lowest BCUT2D eigenvalue weighted by molar-refractivity contribution is -0.115. The van der Waals surface area contributed by atoms with E-state index in [-0.39, 0.29) is 61.5 Å². The van der Waals surface area contributed by atoms with Crippen molar-refractivity contribution in [2.45, 2.75) is 6.42 Å². The van der Waals surface area contributed by atoms with Crippen LogP contribution in [0.1, 0.15) is 27.1 Å². The molecule has 2 aromatic rings. The van der Waals surface area contributed by atoms with Crippen molar-refractivity contribution in [1.82, 2.24) is 15.1 Å². The summed E-state index contributed by atoms with van der Waals surface area (Å²) < 4.78 is 0. The molecule has 1 aliphatic rings. The van der Waals surface area contributed by atoms with E-state index in [4.69, 9.17) is 5.73 Å². The number of hydrogen-bond donors (Lipinski definition) is 3. The monoisotopic (exact) mass is 505 g/mol. The van der Waals surface area contributed by atoms with Crippen molar-refractivity contribution >= 4 is 71.4 Å². The minimum Gasteiger partial charge on any atom is -0.330 e. The van der Waals surface area contributed by atoms with Crippen LogP contribution in [0.4, 0.5) is 5.69 Å². The maximum Gasteiger partial charge on any atom is 0.261 e. The van der Waals surface area contributed by atoms with Crippen LogP contribution in [-0.4, -0.2) is 74.3 Å². The SMILES string of the molecule is CN(C)CCN1C(=O)c2cccc3cc(NC(=O)CNCCCN)cc(c23)C1=O.Cl.Cl.Cl. The lowest BCUT2D eigenvalue weighted by atomic mass is 9.93. The van der Waals surface area contributed by atoms with Crippen LogP contribution in [0.25, 0.3) is 10.8 Å². The number of anilines is 1. The summed E-state index contributed by atoms with van der Waals surface area (Å²) in [5.41, 5.74) is 6.92. The summed E-state index contributed by atoms with van der Waals surface area (Å²) in [4.78, 5) is 41.3. The average Bonchev–Trinajstić information content (AvgIpc) is 2.68. The Hall–Kier alpha value is -1.94. The summed E-state index contributed by atoms with van der Waals surface area (Å²) in [7, 11) is 3.78. The molecule has 0 bridgehead atoms. The molecular formula is C21H30Cl3N5O3. The van der Waals surface area contributed by atoms with E-state index in [1.54, 1.807) is 24.3 Å². The first-order valence-corrected chi connectivity index (χ1v) is 9.70. The minimum atomic E-state index is -0.335. The summed E-state index contributed by atoms with van der Waals surface area (Å²) in [5, 5.41) is 7.25. The van der Waals surface area contributed by atoms with Gasteiger partial charge in [0.15, 0.2) is 0 Å². The third-order valence-electron chi connectivity index (χ3n) is 4.83. The van der Waals surface area contributed by atoms with Crippen molar-refractivity contribution in [3.8, 4) is 0 Å². The molecule has 1 aliphatic heterocycles. The van der Waals surface area contributed by atoms with Gasteiger partial charge in [-0.1, -0.05) is 12.1 Å². The first kappa shape index (κ1) is 30.1. The van der Waals surface area contributed by atoms with Crippen LogP contribution in [-0.2, 0) is 4.79 Å². The van der Waals surface area contributed by atoms with Crippen LogP contribution in [0, 0.1) is 0 Å². The fraction of sp³-hybridized carbons (Fsp3) is 0.381. The van der Waals surface area contributed by atoms with Crippen molar-refractivity contribution < 1.29 is 14.4 Å². The summed E-state index contributed by atoms with van der Waals surface area (Å²) in [6.07, 6.45) is 0.793. The molecule has 11 heteroatoms. The van der Waals surface area contributed by atoms with Crippen LogP contribution in [0.3, 0.4) is 0 Å². The van der Waals surface area contributed by atoms with Gasteiger partial charge in [0.1, 0.15) is 0 Å². The zero-order valence-corrected chi connectivity index (χ0v) is 20.5. The fourth-order valence-electron chi connectivity index (χ4n) is 3.37. The minimum absolute atomic E-state index is 0. The Morgan fingerprint density at radius 2 is 1.75 bits per heavy atom. The molecule has 0 atom stereocenters. The van der Waals surface area contributed by atoms with Crippen LogP contribution < -0.4 is 16.4 Å². The average molecular weight is 507 g/mol. The molecule has 1 heterocycles. The zero-order chi connectivity index (χ0) is 21.0. The second-order valence-electron chi connectivity index (χ2n) is 7.36. The Labute approximate surface area is 206 Å². The second-order valence-corrected chi connectivity index (χ2v) is 7.36. The van der Waals surface area contributed by atoms with Crippen LogP contribution in [0.15, 0.2) is 30.3 Å². The van der Waals surface area contributed by atoms with E-state index in [9.17, 15) is 14.4 Å². The Balaban J connectivity index is 0.00000320. The number of nitrogens with zero attached hydrogens (tertiary/aromatic N) is 2. The predicted molar refractivity (Wildman–Crippen MR) is 135 cm³/mol. The van der Waals surface area contributed by atoms with Crippen LogP contribution in [0.5, 0.6) is 0 Å². The normalized spacial score (nSPS) is 12.2. The van der Waals surface area contributed by atoms with Crippen LogP contribution >= 0.6 is 37.2 Å². The number of imide groups is 1. The third-order valence-corrected chi connectivity index (χ3v) is 4.83. The van der Waals surface area contributed by atoms with Crippen molar-refractivity contribution in [3.63, 3.8) is 0 Å². The molecule has 178 valence electrons. The lowest BCUT2D eigenvalue weighted by Gasteiger charge is -2.28. The van der Waals surface area contributed by atoms with E-state index >= 15 is 0 Å². The number of benzene rings is 2. The Bertz CT molecular complexity index is 956. The van der Waals surface area contributed by atoms with Gasteiger partial charge in [0.05, 0.1) is 12.1 Å². The molecular weight excluding hydrogens is 477 g/mol. The van der Waals surface area contributed by atoms with Crippen LogP contribution in [0.2, 0.25) is 0 Å². The number of likely N-dealkylation sites (N-methyl/N-ethyl adjacent to an activating group) is 1. The summed E-state index contributed by atoms with van der Waals surface area (Å²) in [6.45, 7) is 2.28. The highest BCUT2D eigenvalue weighted by Crippen LogP contribution is 2.32. The number of carbonyl (C=O) groups excluding carboxylic acids is 3. The second kappa shape index (κ2) is 13.6. The first-order chi connectivity index (χ1) is 13.9. The molecule has 0 fully saturated rings. The van der Waals surface area contributed by atoms with Gasteiger partial charge in [0.2, 0.25) is 5.91 Å². The fourth-order valence-corrected chi connectivity index (χ4v) is 3.37. The van der Waals surface area contributed by atoms with Gasteiger partial charge in [0, 0.05) is 29.7 Å². The molecule has 3 amide bonds. The molecule has 0 saturated heterocycles. The molecule has 2 aromatic carbocycles. The van der Waals surface area contributed by atoms with Crippen molar-refractivity contribution in [2.75, 3.05) is 52.1 Å². The number of rotatable bonds is 9. The zero-order valence-electron chi connectivity index (χ0n) is 18.1. The largest absolute Gasteiger partial charge is 0.330 e. The van der Waals surface area contributed by atoms with Crippen molar-refractivity contribution in [1.29, 1.82) is 0 Å². The molecule has 3 rings (SSSR count). The number of nitrogens with one attached hydrogen (secondary N) is 2. The maximum atomic E-state index is 13.1. The summed E-state index contributed by atoms with van der Waals surface area (Å²) >= 11 is 0. The summed E-state index contributed by atoms with van der Waals surface area (Å²) in [6, 6.07) is 8.81. The number of amides is 3. The summed E-state index contributed by atoms with van der Waals surface area (Å²) in [5.74, 6) is -0.818. The van der Waals surface area contributed by atoms with Gasteiger partial charge in [-0.15, -0.1) is 37.2 Å². The number of halogens is 3. The van der Waals surface area contributed by atoms with E-state index < -0.39 is 0 Å². The lowest BCUT2D eigenvalue weighted by Crippen LogP contribution is -2.43. The predicted octanol–water partition coefficient (Wildman–Crippen LogP) is 2.14. The van der Waals surface area contributed by atoms with Gasteiger partial charge in [-0.3, -0.25) is 19.3 Å². The van der Waals surface area contributed by atoms with E-state index in [1.807, 2.05) is 25.1 Å². The highest BCUT2D eigenvalue weighted by atomic mass is 35.5. The first-order valence-electron chi connectivity index (χ1n) is 9.70. The van der Waals surface area contributed by atoms with Gasteiger partial charge in [0.25, 0.3) is 11.8 Å². The highest BCUT2D eigenvalue weighted by molar-refractivity contribution is 6.26. The van der Waals surface area contributed by atoms with Gasteiger partial charge < -0.3 is 21.3 Å². The van der Waals surface area contributed by atoms with E-state index in [2.05, 4.69) is 10.6 Å². The molecule has 0 aliphatic carbocycles. The maximum absolute atomic E-state index is 13.1. The Kier molecular flexibility index (Phi) is 12.7.